The van der Waals surface area contributed by atoms with Crippen molar-refractivity contribution in [2.45, 2.75) is 44.2 Å². The fraction of sp³-hybridized carbons (Fsp3) is 1.00. The molecule has 3 atom stereocenters. The van der Waals surface area contributed by atoms with Crippen molar-refractivity contribution in [3.05, 3.63) is 0 Å². The van der Waals surface area contributed by atoms with Crippen molar-refractivity contribution in [2.75, 3.05) is 7.11 Å². The number of fused-ring (bicyclic) bond motifs is 2. The second-order valence-electron chi connectivity index (χ2n) is 4.18. The first kappa shape index (κ1) is 10.3. The van der Waals surface area contributed by atoms with Gasteiger partial charge in [-0.2, -0.15) is 9.78 Å². The van der Waals surface area contributed by atoms with Gasteiger partial charge in [0.2, 0.25) is 11.6 Å². The van der Waals surface area contributed by atoms with Gasteiger partial charge >= 0.3 is 0 Å². The van der Waals surface area contributed by atoms with Gasteiger partial charge in [0.05, 0.1) is 0 Å². The highest BCUT2D eigenvalue weighted by Crippen LogP contribution is 2.47. The van der Waals surface area contributed by atoms with Gasteiger partial charge in [0.1, 0.15) is 0 Å². The molecule has 2 rings (SSSR count). The van der Waals surface area contributed by atoms with Gasteiger partial charge in [0.25, 0.3) is 0 Å². The SMILES string of the molecule is CO[C@@]1(C)OO[C@@]2(OO)CCC[C@@H]1C2. The van der Waals surface area contributed by atoms with Gasteiger partial charge in [0.15, 0.2) is 0 Å². The van der Waals surface area contributed by atoms with E-state index in [0.717, 1.165) is 12.8 Å². The topological polar surface area (TPSA) is 57.2 Å². The second-order valence-corrected chi connectivity index (χ2v) is 4.18. The van der Waals surface area contributed by atoms with Gasteiger partial charge in [-0.1, -0.05) is 0 Å². The predicted octanol–water partition coefficient (Wildman–Crippen LogP) is 1.69. The molecule has 5 nitrogen and oxygen atoms in total. The molecule has 1 aliphatic heterocycles. The zero-order chi connectivity index (χ0) is 10.2. The number of ether oxygens (including phenoxy) is 1. The number of hydrogen-bond acceptors (Lipinski definition) is 5. The number of rotatable bonds is 2. The van der Waals surface area contributed by atoms with Gasteiger partial charge in [0, 0.05) is 25.9 Å². The maximum absolute atomic E-state index is 8.79. The molecule has 1 saturated carbocycles. The van der Waals surface area contributed by atoms with E-state index in [2.05, 4.69) is 4.89 Å². The van der Waals surface area contributed by atoms with Crippen LogP contribution in [0.15, 0.2) is 0 Å². The summed E-state index contributed by atoms with van der Waals surface area (Å²) in [6, 6.07) is 0. The van der Waals surface area contributed by atoms with Crippen LogP contribution in [0.5, 0.6) is 0 Å². The second kappa shape index (κ2) is 3.43. The van der Waals surface area contributed by atoms with Crippen molar-refractivity contribution >= 4 is 0 Å². The molecule has 5 heteroatoms. The molecule has 1 heterocycles. The van der Waals surface area contributed by atoms with Crippen molar-refractivity contribution in [3.8, 4) is 0 Å². The smallest absolute Gasteiger partial charge is 0.234 e. The lowest BCUT2D eigenvalue weighted by atomic mass is 9.79. The normalized spacial score (nSPS) is 47.8. The Kier molecular flexibility index (Phi) is 2.53. The average Bonchev–Trinajstić information content (AvgIpc) is 2.25. The summed E-state index contributed by atoms with van der Waals surface area (Å²) in [5.41, 5.74) is 0. The third-order valence-electron chi connectivity index (χ3n) is 3.34. The molecule has 0 spiro atoms. The van der Waals surface area contributed by atoms with Crippen LogP contribution in [0, 0.1) is 5.92 Å². The molecule has 0 aromatic carbocycles. The van der Waals surface area contributed by atoms with E-state index < -0.39 is 11.6 Å². The van der Waals surface area contributed by atoms with Crippen LogP contribution < -0.4 is 0 Å². The molecule has 0 radical (unpaired) electrons. The lowest BCUT2D eigenvalue weighted by Gasteiger charge is -2.48. The molecule has 14 heavy (non-hydrogen) atoms. The molecule has 1 N–H and O–H groups in total. The molecular formula is C9H16O5. The van der Waals surface area contributed by atoms with E-state index in [9.17, 15) is 0 Å². The molecule has 0 unspecified atom stereocenters. The molecule has 0 amide bonds. The zero-order valence-corrected chi connectivity index (χ0v) is 8.49. The van der Waals surface area contributed by atoms with Crippen LogP contribution in [-0.2, 0) is 19.4 Å². The maximum Gasteiger partial charge on any atom is 0.234 e. The molecule has 1 aliphatic carbocycles. The summed E-state index contributed by atoms with van der Waals surface area (Å²) >= 11 is 0. The number of hydrogen-bond donors (Lipinski definition) is 1. The lowest BCUT2D eigenvalue weighted by Crippen LogP contribution is -2.55. The molecule has 0 aromatic heterocycles. The first-order valence-corrected chi connectivity index (χ1v) is 4.89. The third kappa shape index (κ3) is 1.45. The molecule has 2 aliphatic rings. The van der Waals surface area contributed by atoms with Crippen molar-refractivity contribution in [2.24, 2.45) is 5.92 Å². The summed E-state index contributed by atoms with van der Waals surface area (Å²) in [5, 5.41) is 8.79. The van der Waals surface area contributed by atoms with E-state index in [0.29, 0.717) is 12.8 Å². The van der Waals surface area contributed by atoms with E-state index in [1.165, 1.54) is 0 Å². The quantitative estimate of drug-likeness (QED) is 0.548. The van der Waals surface area contributed by atoms with Crippen LogP contribution in [0.1, 0.15) is 32.6 Å². The highest BCUT2D eigenvalue weighted by molar-refractivity contribution is 4.88. The van der Waals surface area contributed by atoms with Gasteiger partial charge < -0.3 is 4.74 Å². The molecule has 82 valence electrons. The molecule has 2 bridgehead atoms. The zero-order valence-electron chi connectivity index (χ0n) is 8.49. The van der Waals surface area contributed by atoms with Crippen LogP contribution in [0.25, 0.3) is 0 Å². The Bertz CT molecular complexity index is 215. The minimum atomic E-state index is -0.971. The van der Waals surface area contributed by atoms with Gasteiger partial charge in [-0.15, -0.1) is 0 Å². The fourth-order valence-electron chi connectivity index (χ4n) is 2.25. The Morgan fingerprint density at radius 2 is 2.21 bits per heavy atom. The van der Waals surface area contributed by atoms with Gasteiger partial charge in [-0.3, -0.25) is 0 Å². The molecular weight excluding hydrogens is 188 g/mol. The highest BCUT2D eigenvalue weighted by Gasteiger charge is 2.53. The van der Waals surface area contributed by atoms with Crippen molar-refractivity contribution in [3.63, 3.8) is 0 Å². The van der Waals surface area contributed by atoms with Crippen LogP contribution in [0.3, 0.4) is 0 Å². The van der Waals surface area contributed by atoms with E-state index >= 15 is 0 Å². The Labute approximate surface area is 82.8 Å². The minimum absolute atomic E-state index is 0.196. The third-order valence-corrected chi connectivity index (χ3v) is 3.34. The predicted molar refractivity (Wildman–Crippen MR) is 46.0 cm³/mol. The minimum Gasteiger partial charge on any atom is -0.351 e. The highest BCUT2D eigenvalue weighted by atomic mass is 17.3. The first-order valence-electron chi connectivity index (χ1n) is 4.89. The Morgan fingerprint density at radius 1 is 1.43 bits per heavy atom. The molecule has 2 fully saturated rings. The van der Waals surface area contributed by atoms with E-state index in [1.54, 1.807) is 7.11 Å². The molecule has 1 saturated heterocycles. The van der Waals surface area contributed by atoms with Crippen molar-refractivity contribution < 1.29 is 24.7 Å². The van der Waals surface area contributed by atoms with Crippen LogP contribution >= 0.6 is 0 Å². The monoisotopic (exact) mass is 204 g/mol. The summed E-state index contributed by atoms with van der Waals surface area (Å²) in [6.45, 7) is 1.84. The number of methoxy groups -OCH3 is 1. The van der Waals surface area contributed by atoms with Crippen LogP contribution in [-0.4, -0.2) is 23.9 Å². The van der Waals surface area contributed by atoms with E-state index in [-0.39, 0.29) is 5.92 Å². The van der Waals surface area contributed by atoms with Gasteiger partial charge in [-0.05, 0) is 19.8 Å². The largest absolute Gasteiger partial charge is 0.351 e. The van der Waals surface area contributed by atoms with Gasteiger partial charge in [-0.25, -0.2) is 10.1 Å². The summed E-state index contributed by atoms with van der Waals surface area (Å²) < 4.78 is 5.27. The average molecular weight is 204 g/mol. The van der Waals surface area contributed by atoms with Crippen LogP contribution in [0.4, 0.5) is 0 Å². The summed E-state index contributed by atoms with van der Waals surface area (Å²) in [4.78, 5) is 14.6. The van der Waals surface area contributed by atoms with Crippen molar-refractivity contribution in [1.29, 1.82) is 0 Å². The maximum atomic E-state index is 8.79. The lowest BCUT2D eigenvalue weighted by molar-refractivity contribution is -0.581. The van der Waals surface area contributed by atoms with E-state index in [1.807, 2.05) is 6.92 Å². The van der Waals surface area contributed by atoms with E-state index in [4.69, 9.17) is 19.8 Å². The summed E-state index contributed by atoms with van der Waals surface area (Å²) in [7, 11) is 1.59. The van der Waals surface area contributed by atoms with Crippen LogP contribution in [0.2, 0.25) is 0 Å². The Morgan fingerprint density at radius 3 is 2.86 bits per heavy atom. The van der Waals surface area contributed by atoms with Crippen molar-refractivity contribution in [1.82, 2.24) is 0 Å². The Hall–Kier alpha value is -0.200. The fourth-order valence-corrected chi connectivity index (χ4v) is 2.25. The summed E-state index contributed by atoms with van der Waals surface area (Å²) in [6.07, 6.45) is 3.19. The summed E-state index contributed by atoms with van der Waals surface area (Å²) in [5.74, 6) is -1.49. The Balaban J connectivity index is 2.15. The standard InChI is InChI=1S/C9H16O5/c1-8(11-2)7-4-3-5-9(6-7,12-10)14-13-8/h7,10H,3-6H2,1-2H3/t7-,8+,9+/m1/s1. The first-order chi connectivity index (χ1) is 6.64. The molecule has 0 aromatic rings.